The highest BCUT2D eigenvalue weighted by molar-refractivity contribution is 7.16. The first-order valence-electron chi connectivity index (χ1n) is 7.47. The molecule has 120 valence electrons. The summed E-state index contributed by atoms with van der Waals surface area (Å²) in [6, 6.07) is 4.00. The van der Waals surface area contributed by atoms with Crippen LogP contribution in [0.3, 0.4) is 0 Å². The van der Waals surface area contributed by atoms with Gasteiger partial charge in [-0.2, -0.15) is 13.2 Å². The first kappa shape index (κ1) is 17.1. The maximum absolute atomic E-state index is 12.8. The third-order valence-electron chi connectivity index (χ3n) is 4.22. The second-order valence-electron chi connectivity index (χ2n) is 5.73. The van der Waals surface area contributed by atoms with E-state index in [-0.39, 0.29) is 24.8 Å². The highest BCUT2D eigenvalue weighted by atomic mass is 35.5. The number of halogens is 4. The molecule has 1 fully saturated rings. The lowest BCUT2D eigenvalue weighted by Gasteiger charge is -2.34. The third-order valence-corrected chi connectivity index (χ3v) is 5.54. The lowest BCUT2D eigenvalue weighted by molar-refractivity contribution is -0.184. The molecule has 0 aromatic carbocycles. The fourth-order valence-corrected chi connectivity index (χ4v) is 4.31. The van der Waals surface area contributed by atoms with Crippen molar-refractivity contribution in [1.82, 2.24) is 5.32 Å². The van der Waals surface area contributed by atoms with Crippen LogP contribution in [0.1, 0.15) is 49.9 Å². The summed E-state index contributed by atoms with van der Waals surface area (Å²) in [6.45, 7) is 2.96. The summed E-state index contributed by atoms with van der Waals surface area (Å²) in [5.41, 5.74) is 0. The zero-order valence-corrected chi connectivity index (χ0v) is 13.6. The molecule has 0 bridgehead atoms. The summed E-state index contributed by atoms with van der Waals surface area (Å²) in [4.78, 5) is 1.14. The van der Waals surface area contributed by atoms with E-state index in [1.807, 2.05) is 12.1 Å². The van der Waals surface area contributed by atoms with Gasteiger partial charge in [0.05, 0.1) is 10.3 Å². The van der Waals surface area contributed by atoms with E-state index in [0.29, 0.717) is 12.8 Å². The minimum absolute atomic E-state index is 0.136. The molecular weight excluding hydrogens is 319 g/mol. The van der Waals surface area contributed by atoms with E-state index >= 15 is 0 Å². The van der Waals surface area contributed by atoms with Gasteiger partial charge in [0.1, 0.15) is 0 Å². The van der Waals surface area contributed by atoms with Gasteiger partial charge in [-0.15, -0.1) is 11.3 Å². The van der Waals surface area contributed by atoms with Crippen LogP contribution in [0.4, 0.5) is 13.2 Å². The van der Waals surface area contributed by atoms with Gasteiger partial charge >= 0.3 is 6.18 Å². The van der Waals surface area contributed by atoms with E-state index in [1.165, 1.54) is 11.3 Å². The molecule has 0 amide bonds. The number of hydrogen-bond donors (Lipinski definition) is 1. The third kappa shape index (κ3) is 4.60. The van der Waals surface area contributed by atoms with E-state index in [0.717, 1.165) is 22.2 Å². The molecular formula is C15H21ClF3NS. The van der Waals surface area contributed by atoms with Crippen molar-refractivity contribution in [1.29, 1.82) is 0 Å². The van der Waals surface area contributed by atoms with Crippen molar-refractivity contribution in [2.75, 3.05) is 6.54 Å². The molecule has 0 aliphatic heterocycles. The Morgan fingerprint density at radius 3 is 2.43 bits per heavy atom. The molecule has 1 atom stereocenters. The van der Waals surface area contributed by atoms with Crippen molar-refractivity contribution < 1.29 is 13.2 Å². The van der Waals surface area contributed by atoms with Gasteiger partial charge in [0.25, 0.3) is 0 Å². The van der Waals surface area contributed by atoms with Crippen LogP contribution < -0.4 is 5.32 Å². The predicted molar refractivity (Wildman–Crippen MR) is 81.9 cm³/mol. The minimum Gasteiger partial charge on any atom is -0.309 e. The Kier molecular flexibility index (Phi) is 5.97. The SMILES string of the molecule is CCCNC(c1ccc(Cl)s1)C1CCC(C(F)(F)F)CC1. The van der Waals surface area contributed by atoms with Crippen LogP contribution in [0, 0.1) is 11.8 Å². The Morgan fingerprint density at radius 1 is 1.29 bits per heavy atom. The van der Waals surface area contributed by atoms with E-state index < -0.39 is 12.1 Å². The number of rotatable bonds is 5. The molecule has 1 nitrogen and oxygen atoms in total. The molecule has 0 radical (unpaired) electrons. The molecule has 0 saturated heterocycles. The van der Waals surface area contributed by atoms with Crippen molar-refractivity contribution >= 4 is 22.9 Å². The van der Waals surface area contributed by atoms with Gasteiger partial charge in [-0.1, -0.05) is 18.5 Å². The van der Waals surface area contributed by atoms with Gasteiger partial charge in [-0.25, -0.2) is 0 Å². The van der Waals surface area contributed by atoms with Crippen LogP contribution in [0.15, 0.2) is 12.1 Å². The lowest BCUT2D eigenvalue weighted by Crippen LogP contribution is -2.34. The zero-order chi connectivity index (χ0) is 15.5. The van der Waals surface area contributed by atoms with Crippen LogP contribution in [-0.2, 0) is 0 Å². The van der Waals surface area contributed by atoms with E-state index in [9.17, 15) is 13.2 Å². The molecule has 1 aliphatic rings. The van der Waals surface area contributed by atoms with Crippen molar-refractivity contribution in [3.05, 3.63) is 21.3 Å². The average molecular weight is 340 g/mol. The van der Waals surface area contributed by atoms with Crippen LogP contribution >= 0.6 is 22.9 Å². The van der Waals surface area contributed by atoms with E-state index in [2.05, 4.69) is 12.2 Å². The second-order valence-corrected chi connectivity index (χ2v) is 7.47. The summed E-state index contributed by atoms with van der Waals surface area (Å²) in [5.74, 6) is -0.850. The standard InChI is InChI=1S/C15H21ClF3NS/c1-2-9-20-14(12-7-8-13(16)21-12)10-3-5-11(6-4-10)15(17,18)19/h7-8,10-11,14,20H,2-6,9H2,1H3. The maximum Gasteiger partial charge on any atom is 0.391 e. The topological polar surface area (TPSA) is 12.0 Å². The van der Waals surface area contributed by atoms with Gasteiger partial charge in [0.2, 0.25) is 0 Å². The molecule has 1 unspecified atom stereocenters. The summed E-state index contributed by atoms with van der Waals surface area (Å²) in [7, 11) is 0. The van der Waals surface area contributed by atoms with E-state index in [1.54, 1.807) is 0 Å². The van der Waals surface area contributed by atoms with Gasteiger partial charge < -0.3 is 5.32 Å². The smallest absolute Gasteiger partial charge is 0.309 e. The molecule has 1 aromatic heterocycles. The molecule has 1 aromatic rings. The Balaban J connectivity index is 2.02. The number of hydrogen-bond acceptors (Lipinski definition) is 2. The monoisotopic (exact) mass is 339 g/mol. The van der Waals surface area contributed by atoms with Crippen molar-refractivity contribution in [2.24, 2.45) is 11.8 Å². The Hall–Kier alpha value is -0.260. The Morgan fingerprint density at radius 2 is 1.95 bits per heavy atom. The van der Waals surface area contributed by atoms with Crippen molar-refractivity contribution in [2.45, 2.75) is 51.2 Å². The normalized spacial score (nSPS) is 25.0. The summed E-state index contributed by atoms with van der Waals surface area (Å²) in [5, 5.41) is 3.49. The molecule has 0 spiro atoms. The first-order valence-corrected chi connectivity index (χ1v) is 8.66. The Labute approximate surface area is 132 Å². The van der Waals surface area contributed by atoms with Crippen LogP contribution in [0.25, 0.3) is 0 Å². The number of nitrogens with one attached hydrogen (secondary N) is 1. The largest absolute Gasteiger partial charge is 0.391 e. The fraction of sp³-hybridized carbons (Fsp3) is 0.733. The van der Waals surface area contributed by atoms with E-state index in [4.69, 9.17) is 11.6 Å². The maximum atomic E-state index is 12.8. The lowest BCUT2D eigenvalue weighted by atomic mass is 9.78. The first-order chi connectivity index (χ1) is 9.91. The van der Waals surface area contributed by atoms with Gasteiger partial charge in [-0.05, 0) is 56.7 Å². The summed E-state index contributed by atoms with van der Waals surface area (Å²) in [6.07, 6.45) is -1.28. The van der Waals surface area contributed by atoms with Gasteiger partial charge in [0.15, 0.2) is 0 Å². The average Bonchev–Trinajstić information content (AvgIpc) is 2.85. The predicted octanol–water partition coefficient (Wildman–Crippen LogP) is 5.81. The summed E-state index contributed by atoms with van der Waals surface area (Å²) < 4.78 is 39.0. The second kappa shape index (κ2) is 7.34. The molecule has 1 saturated carbocycles. The minimum atomic E-state index is -4.04. The molecule has 1 heterocycles. The number of alkyl halides is 3. The molecule has 2 rings (SSSR count). The van der Waals surface area contributed by atoms with Crippen LogP contribution in [0.5, 0.6) is 0 Å². The van der Waals surface area contributed by atoms with Crippen LogP contribution in [-0.4, -0.2) is 12.7 Å². The Bertz CT molecular complexity index is 438. The molecule has 1 N–H and O–H groups in total. The number of thiophene rings is 1. The fourth-order valence-electron chi connectivity index (χ4n) is 3.07. The van der Waals surface area contributed by atoms with Crippen molar-refractivity contribution in [3.8, 4) is 0 Å². The summed E-state index contributed by atoms with van der Waals surface area (Å²) >= 11 is 7.53. The zero-order valence-electron chi connectivity index (χ0n) is 12.0. The van der Waals surface area contributed by atoms with Crippen molar-refractivity contribution in [3.63, 3.8) is 0 Å². The highest BCUT2D eigenvalue weighted by Crippen LogP contribution is 2.44. The molecule has 21 heavy (non-hydrogen) atoms. The van der Waals surface area contributed by atoms with Gasteiger partial charge in [0, 0.05) is 10.9 Å². The van der Waals surface area contributed by atoms with Crippen LogP contribution in [0.2, 0.25) is 4.34 Å². The molecule has 1 aliphatic carbocycles. The van der Waals surface area contributed by atoms with Gasteiger partial charge in [-0.3, -0.25) is 0 Å². The quantitative estimate of drug-likeness (QED) is 0.713. The highest BCUT2D eigenvalue weighted by Gasteiger charge is 2.42. The molecule has 6 heteroatoms.